The van der Waals surface area contributed by atoms with Crippen LogP contribution in [0.3, 0.4) is 0 Å². The van der Waals surface area contributed by atoms with Crippen LogP contribution in [-0.4, -0.2) is 40.5 Å². The number of rotatable bonds is 2. The predicted molar refractivity (Wildman–Crippen MR) is 42.0 cm³/mol. The molecule has 0 spiro atoms. The van der Waals surface area contributed by atoms with Crippen LogP contribution in [0.4, 0.5) is 4.79 Å². The number of nitrogens with zero attached hydrogens (tertiary/aromatic N) is 1. The summed E-state index contributed by atoms with van der Waals surface area (Å²) in [6, 6.07) is -1.71. The topological polar surface area (TPSA) is 86.7 Å². The Morgan fingerprint density at radius 1 is 1.69 bits per heavy atom. The zero-order chi connectivity index (χ0) is 10.0. The van der Waals surface area contributed by atoms with Gasteiger partial charge in [-0.1, -0.05) is 0 Å². The smallest absolute Gasteiger partial charge is 0.326 e. The molecular formula is C7H10N2O4. The van der Waals surface area contributed by atoms with Gasteiger partial charge in [0.05, 0.1) is 6.42 Å². The minimum Gasteiger partial charge on any atom is -0.480 e. The van der Waals surface area contributed by atoms with Gasteiger partial charge in [0, 0.05) is 6.54 Å². The van der Waals surface area contributed by atoms with Gasteiger partial charge in [-0.05, 0) is 6.92 Å². The lowest BCUT2D eigenvalue weighted by atomic mass is 10.1. The first-order chi connectivity index (χ1) is 6.06. The fourth-order valence-corrected chi connectivity index (χ4v) is 1.15. The molecule has 1 rings (SSSR count). The number of amides is 3. The van der Waals surface area contributed by atoms with Crippen molar-refractivity contribution in [3.63, 3.8) is 0 Å². The van der Waals surface area contributed by atoms with Crippen LogP contribution in [0.5, 0.6) is 0 Å². The van der Waals surface area contributed by atoms with Crippen molar-refractivity contribution in [1.82, 2.24) is 10.2 Å². The highest BCUT2D eigenvalue weighted by molar-refractivity contribution is 6.01. The molecule has 0 saturated carbocycles. The first kappa shape index (κ1) is 9.50. The van der Waals surface area contributed by atoms with Gasteiger partial charge in [0.25, 0.3) is 0 Å². The average molecular weight is 186 g/mol. The SMILES string of the molecule is CCN1C(=O)C[C@H](C(=O)O)NC1=O. The van der Waals surface area contributed by atoms with Gasteiger partial charge in [-0.2, -0.15) is 0 Å². The molecule has 1 aliphatic rings. The molecule has 0 aromatic heterocycles. The number of aliphatic carboxylic acids is 1. The normalized spacial score (nSPS) is 22.8. The van der Waals surface area contributed by atoms with E-state index in [2.05, 4.69) is 5.32 Å². The first-order valence-electron chi connectivity index (χ1n) is 3.90. The molecule has 0 unspecified atom stereocenters. The largest absolute Gasteiger partial charge is 0.480 e. The van der Waals surface area contributed by atoms with Crippen molar-refractivity contribution in [2.75, 3.05) is 6.54 Å². The monoisotopic (exact) mass is 186 g/mol. The van der Waals surface area contributed by atoms with E-state index in [0.717, 1.165) is 4.90 Å². The van der Waals surface area contributed by atoms with E-state index in [1.54, 1.807) is 6.92 Å². The van der Waals surface area contributed by atoms with Gasteiger partial charge in [-0.15, -0.1) is 0 Å². The molecule has 0 radical (unpaired) electrons. The minimum atomic E-state index is -1.18. The summed E-state index contributed by atoms with van der Waals surface area (Å²) < 4.78 is 0. The van der Waals surface area contributed by atoms with Crippen LogP contribution >= 0.6 is 0 Å². The molecule has 6 heteroatoms. The van der Waals surface area contributed by atoms with E-state index in [4.69, 9.17) is 5.11 Å². The number of hydrogen-bond donors (Lipinski definition) is 2. The summed E-state index contributed by atoms with van der Waals surface area (Å²) in [7, 11) is 0. The van der Waals surface area contributed by atoms with Crippen LogP contribution in [0.2, 0.25) is 0 Å². The summed E-state index contributed by atoms with van der Waals surface area (Å²) >= 11 is 0. The lowest BCUT2D eigenvalue weighted by Gasteiger charge is -2.28. The third-order valence-corrected chi connectivity index (χ3v) is 1.84. The number of hydrogen-bond acceptors (Lipinski definition) is 3. The molecule has 0 aromatic rings. The van der Waals surface area contributed by atoms with Gasteiger partial charge in [0.15, 0.2) is 0 Å². The second-order valence-corrected chi connectivity index (χ2v) is 2.68. The number of nitrogens with one attached hydrogen (secondary N) is 1. The van der Waals surface area contributed by atoms with E-state index in [0.29, 0.717) is 0 Å². The zero-order valence-electron chi connectivity index (χ0n) is 7.11. The molecule has 1 heterocycles. The summed E-state index contributed by atoms with van der Waals surface area (Å²) in [6.45, 7) is 1.91. The van der Waals surface area contributed by atoms with Crippen molar-refractivity contribution < 1.29 is 19.5 Å². The van der Waals surface area contributed by atoms with Gasteiger partial charge < -0.3 is 10.4 Å². The predicted octanol–water partition coefficient (Wildman–Crippen LogP) is -0.599. The van der Waals surface area contributed by atoms with E-state index < -0.39 is 23.9 Å². The molecule has 1 atom stereocenters. The second-order valence-electron chi connectivity index (χ2n) is 2.68. The van der Waals surface area contributed by atoms with Gasteiger partial charge in [0.1, 0.15) is 6.04 Å². The standard InChI is InChI=1S/C7H10N2O4/c1-2-9-5(10)3-4(6(11)12)8-7(9)13/h4H,2-3H2,1H3,(H,8,13)(H,11,12)/t4-/m1/s1. The van der Waals surface area contributed by atoms with E-state index in [-0.39, 0.29) is 13.0 Å². The Labute approximate surface area is 74.5 Å². The number of urea groups is 1. The minimum absolute atomic E-state index is 0.172. The summed E-state index contributed by atoms with van der Waals surface area (Å²) in [5.41, 5.74) is 0. The Bertz CT molecular complexity index is 245. The van der Waals surface area contributed by atoms with Gasteiger partial charge in [-0.25, -0.2) is 9.59 Å². The summed E-state index contributed by atoms with van der Waals surface area (Å²) in [4.78, 5) is 33.7. The highest BCUT2D eigenvalue weighted by atomic mass is 16.4. The number of imide groups is 1. The number of carbonyl (C=O) groups excluding carboxylic acids is 2. The fraction of sp³-hybridized carbons (Fsp3) is 0.571. The van der Waals surface area contributed by atoms with Crippen molar-refractivity contribution in [3.05, 3.63) is 0 Å². The summed E-state index contributed by atoms with van der Waals surface area (Å²) in [5, 5.41) is 10.8. The van der Waals surface area contributed by atoms with Crippen molar-refractivity contribution >= 4 is 17.9 Å². The molecule has 6 nitrogen and oxygen atoms in total. The highest BCUT2D eigenvalue weighted by Gasteiger charge is 2.34. The fourth-order valence-electron chi connectivity index (χ4n) is 1.15. The number of carboxylic acid groups (broad SMARTS) is 1. The van der Waals surface area contributed by atoms with Crippen molar-refractivity contribution in [2.45, 2.75) is 19.4 Å². The maximum atomic E-state index is 11.2. The molecule has 3 amide bonds. The summed E-state index contributed by atoms with van der Waals surface area (Å²) in [6.07, 6.45) is -0.172. The first-order valence-corrected chi connectivity index (χ1v) is 3.90. The molecule has 1 saturated heterocycles. The third kappa shape index (κ3) is 1.77. The van der Waals surface area contributed by atoms with Crippen molar-refractivity contribution in [3.8, 4) is 0 Å². The third-order valence-electron chi connectivity index (χ3n) is 1.84. The molecule has 13 heavy (non-hydrogen) atoms. The average Bonchev–Trinajstić information content (AvgIpc) is 2.03. The maximum Gasteiger partial charge on any atom is 0.326 e. The molecule has 2 N–H and O–H groups in total. The van der Waals surface area contributed by atoms with Crippen molar-refractivity contribution in [1.29, 1.82) is 0 Å². The van der Waals surface area contributed by atoms with Crippen LogP contribution in [-0.2, 0) is 9.59 Å². The van der Waals surface area contributed by atoms with Gasteiger partial charge >= 0.3 is 12.0 Å². The number of carboxylic acids is 1. The Kier molecular flexibility index (Phi) is 2.50. The maximum absolute atomic E-state index is 11.2. The lowest BCUT2D eigenvalue weighted by Crippen LogP contribution is -2.56. The van der Waals surface area contributed by atoms with E-state index in [9.17, 15) is 14.4 Å². The van der Waals surface area contributed by atoms with Gasteiger partial charge in [-0.3, -0.25) is 9.69 Å². The Balaban J connectivity index is 2.73. The van der Waals surface area contributed by atoms with E-state index in [1.165, 1.54) is 0 Å². The highest BCUT2D eigenvalue weighted by Crippen LogP contribution is 2.06. The summed E-state index contributed by atoms with van der Waals surface area (Å²) in [5.74, 6) is -1.63. The molecular weight excluding hydrogens is 176 g/mol. The molecule has 1 fully saturated rings. The van der Waals surface area contributed by atoms with Gasteiger partial charge in [0.2, 0.25) is 5.91 Å². The Morgan fingerprint density at radius 2 is 2.31 bits per heavy atom. The molecule has 0 aromatic carbocycles. The van der Waals surface area contributed by atoms with Crippen molar-refractivity contribution in [2.24, 2.45) is 0 Å². The Morgan fingerprint density at radius 3 is 2.69 bits per heavy atom. The van der Waals surface area contributed by atoms with Crippen LogP contribution in [0.1, 0.15) is 13.3 Å². The Hall–Kier alpha value is -1.59. The van der Waals surface area contributed by atoms with E-state index >= 15 is 0 Å². The molecule has 72 valence electrons. The van der Waals surface area contributed by atoms with Crippen LogP contribution in [0.25, 0.3) is 0 Å². The van der Waals surface area contributed by atoms with E-state index in [1.807, 2.05) is 0 Å². The lowest BCUT2D eigenvalue weighted by molar-refractivity contribution is -0.144. The molecule has 0 bridgehead atoms. The molecule has 0 aliphatic carbocycles. The zero-order valence-corrected chi connectivity index (χ0v) is 7.11. The second kappa shape index (κ2) is 3.42. The quantitative estimate of drug-likeness (QED) is 0.603. The number of carbonyl (C=O) groups is 3. The van der Waals surface area contributed by atoms with Crippen LogP contribution in [0.15, 0.2) is 0 Å². The van der Waals surface area contributed by atoms with Crippen LogP contribution < -0.4 is 5.32 Å². The van der Waals surface area contributed by atoms with Crippen LogP contribution in [0, 0.1) is 0 Å². The molecule has 1 aliphatic heterocycles.